The third-order valence-electron chi connectivity index (χ3n) is 11.2. The maximum atomic E-state index is 6.18. The SMILES string of the molecule is c1ccc(-c2ccc(-n3c4ccccc4c4ccc5c(c6ccccc6n5-c5nc(-c6ccccc6)nc(-c6ccc7oc8ccccc8c7c6)n5)c43)cc2)cc1. The molecule has 0 atom stereocenters. The summed E-state index contributed by atoms with van der Waals surface area (Å²) in [7, 11) is 0. The molecule has 12 aromatic rings. The number of aromatic nitrogens is 5. The Hall–Kier alpha value is -7.83. The number of para-hydroxylation sites is 3. The average molecular weight is 730 g/mol. The van der Waals surface area contributed by atoms with Crippen LogP contribution in [0.3, 0.4) is 0 Å². The molecule has 8 aromatic carbocycles. The van der Waals surface area contributed by atoms with E-state index in [1.165, 1.54) is 21.9 Å². The van der Waals surface area contributed by atoms with Crippen LogP contribution < -0.4 is 0 Å². The first kappa shape index (κ1) is 31.5. The third-order valence-corrected chi connectivity index (χ3v) is 11.2. The van der Waals surface area contributed by atoms with Crippen LogP contribution in [0.4, 0.5) is 0 Å². The van der Waals surface area contributed by atoms with Crippen LogP contribution in [0.5, 0.6) is 0 Å². The van der Waals surface area contributed by atoms with Crippen molar-refractivity contribution < 1.29 is 4.42 Å². The van der Waals surface area contributed by atoms with E-state index in [0.29, 0.717) is 17.6 Å². The molecule has 0 aliphatic heterocycles. The summed E-state index contributed by atoms with van der Waals surface area (Å²) >= 11 is 0. The van der Waals surface area contributed by atoms with Gasteiger partial charge in [0.1, 0.15) is 11.2 Å². The van der Waals surface area contributed by atoms with Crippen molar-refractivity contribution in [1.29, 1.82) is 0 Å². The average Bonchev–Trinajstić information content (AvgIpc) is 3.94. The molecule has 0 N–H and O–H groups in total. The number of nitrogens with zero attached hydrogens (tertiary/aromatic N) is 5. The molecule has 0 unspecified atom stereocenters. The summed E-state index contributed by atoms with van der Waals surface area (Å²) in [6.45, 7) is 0. The zero-order valence-corrected chi connectivity index (χ0v) is 30.5. The molecule has 57 heavy (non-hydrogen) atoms. The number of rotatable bonds is 5. The van der Waals surface area contributed by atoms with Crippen LogP contribution in [0, 0.1) is 0 Å². The van der Waals surface area contributed by atoms with Crippen LogP contribution in [-0.4, -0.2) is 24.1 Å². The molecular weight excluding hydrogens is 699 g/mol. The molecule has 0 spiro atoms. The molecule has 6 heteroatoms. The minimum Gasteiger partial charge on any atom is -0.456 e. The van der Waals surface area contributed by atoms with Gasteiger partial charge in [-0.25, -0.2) is 4.98 Å². The summed E-state index contributed by atoms with van der Waals surface area (Å²) < 4.78 is 10.8. The molecule has 0 bridgehead atoms. The molecule has 0 aliphatic rings. The second kappa shape index (κ2) is 12.3. The minimum atomic E-state index is 0.552. The van der Waals surface area contributed by atoms with Crippen molar-refractivity contribution >= 4 is 65.6 Å². The smallest absolute Gasteiger partial charge is 0.238 e. The van der Waals surface area contributed by atoms with E-state index in [4.69, 9.17) is 19.4 Å². The maximum Gasteiger partial charge on any atom is 0.238 e. The van der Waals surface area contributed by atoms with Gasteiger partial charge in [0.2, 0.25) is 5.95 Å². The van der Waals surface area contributed by atoms with Crippen LogP contribution >= 0.6 is 0 Å². The van der Waals surface area contributed by atoms with E-state index in [1.807, 2.05) is 60.7 Å². The second-order valence-corrected chi connectivity index (χ2v) is 14.4. The van der Waals surface area contributed by atoms with E-state index in [-0.39, 0.29) is 0 Å². The Kier molecular flexibility index (Phi) is 6.83. The summed E-state index contributed by atoms with van der Waals surface area (Å²) in [5.41, 5.74) is 11.3. The topological polar surface area (TPSA) is 61.7 Å². The fourth-order valence-electron chi connectivity index (χ4n) is 8.60. The highest BCUT2D eigenvalue weighted by Crippen LogP contribution is 2.42. The third kappa shape index (κ3) is 4.87. The van der Waals surface area contributed by atoms with E-state index in [9.17, 15) is 0 Å². The zero-order valence-electron chi connectivity index (χ0n) is 30.5. The number of benzene rings is 8. The Bertz CT molecular complexity index is 3510. The first-order valence-corrected chi connectivity index (χ1v) is 19.1. The van der Waals surface area contributed by atoms with Gasteiger partial charge in [-0.15, -0.1) is 0 Å². The predicted octanol–water partition coefficient (Wildman–Crippen LogP) is 13.0. The summed E-state index contributed by atoms with van der Waals surface area (Å²) in [6.07, 6.45) is 0. The van der Waals surface area contributed by atoms with Crippen LogP contribution in [0.25, 0.3) is 111 Å². The molecule has 266 valence electrons. The van der Waals surface area contributed by atoms with Crippen LogP contribution in [0.15, 0.2) is 192 Å². The molecule has 4 heterocycles. The van der Waals surface area contributed by atoms with Gasteiger partial charge in [0.15, 0.2) is 11.6 Å². The Morgan fingerprint density at radius 1 is 0.351 bits per heavy atom. The normalized spacial score (nSPS) is 11.9. The number of hydrogen-bond acceptors (Lipinski definition) is 4. The number of fused-ring (bicyclic) bond motifs is 10. The molecule has 0 radical (unpaired) electrons. The van der Waals surface area contributed by atoms with Crippen molar-refractivity contribution in [1.82, 2.24) is 24.1 Å². The Morgan fingerprint density at radius 3 is 1.70 bits per heavy atom. The summed E-state index contributed by atoms with van der Waals surface area (Å²) in [4.78, 5) is 15.6. The Balaban J connectivity index is 1.14. The first-order valence-electron chi connectivity index (χ1n) is 19.1. The van der Waals surface area contributed by atoms with Crippen LogP contribution in [-0.2, 0) is 0 Å². The lowest BCUT2D eigenvalue weighted by Crippen LogP contribution is -2.06. The van der Waals surface area contributed by atoms with E-state index in [1.54, 1.807) is 0 Å². The zero-order chi connectivity index (χ0) is 37.5. The lowest BCUT2D eigenvalue weighted by Gasteiger charge is -2.12. The lowest BCUT2D eigenvalue weighted by atomic mass is 10.1. The van der Waals surface area contributed by atoms with Crippen LogP contribution in [0.1, 0.15) is 0 Å². The van der Waals surface area contributed by atoms with Gasteiger partial charge in [0, 0.05) is 49.1 Å². The van der Waals surface area contributed by atoms with Gasteiger partial charge in [-0.05, 0) is 65.7 Å². The number of hydrogen-bond donors (Lipinski definition) is 0. The van der Waals surface area contributed by atoms with E-state index in [0.717, 1.165) is 71.6 Å². The predicted molar refractivity (Wildman–Crippen MR) is 232 cm³/mol. The van der Waals surface area contributed by atoms with E-state index >= 15 is 0 Å². The van der Waals surface area contributed by atoms with E-state index < -0.39 is 0 Å². The van der Waals surface area contributed by atoms with Gasteiger partial charge < -0.3 is 8.98 Å². The highest BCUT2D eigenvalue weighted by molar-refractivity contribution is 6.26. The van der Waals surface area contributed by atoms with Gasteiger partial charge in [-0.3, -0.25) is 4.57 Å². The van der Waals surface area contributed by atoms with Gasteiger partial charge in [0.25, 0.3) is 0 Å². The molecule has 12 rings (SSSR count). The second-order valence-electron chi connectivity index (χ2n) is 14.4. The molecule has 0 aliphatic carbocycles. The van der Waals surface area contributed by atoms with Crippen molar-refractivity contribution in [2.24, 2.45) is 0 Å². The van der Waals surface area contributed by atoms with Crippen molar-refractivity contribution in [3.63, 3.8) is 0 Å². The molecule has 6 nitrogen and oxygen atoms in total. The fraction of sp³-hybridized carbons (Fsp3) is 0. The van der Waals surface area contributed by atoms with Crippen molar-refractivity contribution in [3.8, 4) is 45.5 Å². The minimum absolute atomic E-state index is 0.552. The molecule has 0 amide bonds. The molecule has 0 saturated heterocycles. The van der Waals surface area contributed by atoms with Gasteiger partial charge in [-0.2, -0.15) is 9.97 Å². The molecule has 4 aromatic heterocycles. The van der Waals surface area contributed by atoms with E-state index in [2.05, 4.69) is 137 Å². The monoisotopic (exact) mass is 729 g/mol. The summed E-state index contributed by atoms with van der Waals surface area (Å²) in [6, 6.07) is 65.6. The summed E-state index contributed by atoms with van der Waals surface area (Å²) in [5.74, 6) is 1.74. The van der Waals surface area contributed by atoms with Gasteiger partial charge in [-0.1, -0.05) is 133 Å². The lowest BCUT2D eigenvalue weighted by molar-refractivity contribution is 0.669. The standard InChI is InChI=1S/C51H31N5O/c1-3-13-32(14-4-1)33-23-26-36(27-24-33)55-42-20-10-7-17-37(42)39-28-29-44-47(48(39)55)40-19-8-11-21-43(40)56(44)51-53-49(34-15-5-2-6-16-34)52-50(54-51)35-25-30-46-41(31-35)38-18-9-12-22-45(38)57-46/h1-31H. The molecule has 0 fully saturated rings. The maximum absolute atomic E-state index is 6.18. The molecule has 0 saturated carbocycles. The van der Waals surface area contributed by atoms with Crippen molar-refractivity contribution in [2.75, 3.05) is 0 Å². The summed E-state index contributed by atoms with van der Waals surface area (Å²) in [5, 5.41) is 6.74. The van der Waals surface area contributed by atoms with Gasteiger partial charge >= 0.3 is 0 Å². The quantitative estimate of drug-likeness (QED) is 0.177. The highest BCUT2D eigenvalue weighted by Gasteiger charge is 2.23. The van der Waals surface area contributed by atoms with Crippen LogP contribution in [0.2, 0.25) is 0 Å². The van der Waals surface area contributed by atoms with Gasteiger partial charge in [0.05, 0.1) is 22.1 Å². The van der Waals surface area contributed by atoms with Crippen molar-refractivity contribution in [2.45, 2.75) is 0 Å². The van der Waals surface area contributed by atoms with Crippen molar-refractivity contribution in [3.05, 3.63) is 188 Å². The molecular formula is C51H31N5O. The highest BCUT2D eigenvalue weighted by atomic mass is 16.3. The number of furan rings is 1. The largest absolute Gasteiger partial charge is 0.456 e. The Morgan fingerprint density at radius 2 is 0.930 bits per heavy atom. The first-order chi connectivity index (χ1) is 28.3. The fourth-order valence-corrected chi connectivity index (χ4v) is 8.60. The Labute approximate surface area is 326 Å².